The minimum atomic E-state index is -2.38. The van der Waals surface area contributed by atoms with E-state index >= 15 is 0 Å². The number of hydrogen-bond acceptors (Lipinski definition) is 2. The summed E-state index contributed by atoms with van der Waals surface area (Å²) < 4.78 is 25.3. The SMILES string of the molecule is CSCNCC1CCC(F)(F)C1. The molecule has 12 heavy (non-hydrogen) atoms. The van der Waals surface area contributed by atoms with E-state index in [1.165, 1.54) is 0 Å². The molecule has 1 unspecified atom stereocenters. The Morgan fingerprint density at radius 1 is 1.58 bits per heavy atom. The summed E-state index contributed by atoms with van der Waals surface area (Å²) in [5.74, 6) is -1.33. The van der Waals surface area contributed by atoms with Crippen LogP contribution in [0.3, 0.4) is 0 Å². The van der Waals surface area contributed by atoms with Gasteiger partial charge < -0.3 is 5.32 Å². The Morgan fingerprint density at radius 2 is 2.33 bits per heavy atom. The first-order valence-corrected chi connectivity index (χ1v) is 5.61. The van der Waals surface area contributed by atoms with Gasteiger partial charge in [0.15, 0.2) is 0 Å². The molecule has 0 heterocycles. The molecule has 0 radical (unpaired) electrons. The highest BCUT2D eigenvalue weighted by Gasteiger charge is 2.38. The predicted octanol–water partition coefficient (Wildman–Crippen LogP) is 2.33. The number of alkyl halides is 2. The van der Waals surface area contributed by atoms with E-state index in [1.807, 2.05) is 6.26 Å². The molecule has 1 N–H and O–H groups in total. The van der Waals surface area contributed by atoms with Crippen molar-refractivity contribution >= 4 is 11.8 Å². The molecule has 72 valence electrons. The Kier molecular flexibility index (Phi) is 3.77. The van der Waals surface area contributed by atoms with Gasteiger partial charge in [-0.1, -0.05) is 0 Å². The molecule has 0 spiro atoms. The minimum Gasteiger partial charge on any atom is -0.308 e. The standard InChI is InChI=1S/C8H15F2NS/c1-12-6-11-5-7-2-3-8(9,10)4-7/h7,11H,2-6H2,1H3. The van der Waals surface area contributed by atoms with Gasteiger partial charge in [0.05, 0.1) is 0 Å². The van der Waals surface area contributed by atoms with Gasteiger partial charge in [-0.3, -0.25) is 0 Å². The van der Waals surface area contributed by atoms with Crippen LogP contribution in [0.25, 0.3) is 0 Å². The molecule has 0 amide bonds. The predicted molar refractivity (Wildman–Crippen MR) is 48.7 cm³/mol. The third-order valence-electron chi connectivity index (χ3n) is 2.19. The quantitative estimate of drug-likeness (QED) is 0.546. The third kappa shape index (κ3) is 3.27. The van der Waals surface area contributed by atoms with Crippen molar-refractivity contribution in [2.75, 3.05) is 18.7 Å². The molecule has 4 heteroatoms. The van der Waals surface area contributed by atoms with Gasteiger partial charge in [-0.05, 0) is 25.1 Å². The molecular formula is C8H15F2NS. The zero-order valence-electron chi connectivity index (χ0n) is 7.28. The molecule has 0 aromatic heterocycles. The van der Waals surface area contributed by atoms with Gasteiger partial charge in [-0.2, -0.15) is 0 Å². The Bertz CT molecular complexity index is 141. The van der Waals surface area contributed by atoms with Gasteiger partial charge in [0.1, 0.15) is 0 Å². The van der Waals surface area contributed by atoms with E-state index < -0.39 is 5.92 Å². The first-order valence-electron chi connectivity index (χ1n) is 4.21. The highest BCUT2D eigenvalue weighted by Crippen LogP contribution is 2.38. The second kappa shape index (κ2) is 4.42. The molecule has 1 atom stereocenters. The van der Waals surface area contributed by atoms with Crippen molar-refractivity contribution in [2.45, 2.75) is 25.2 Å². The summed E-state index contributed by atoms with van der Waals surface area (Å²) in [6, 6.07) is 0. The van der Waals surface area contributed by atoms with E-state index in [1.54, 1.807) is 11.8 Å². The van der Waals surface area contributed by atoms with Gasteiger partial charge in [-0.25, -0.2) is 8.78 Å². The number of thioether (sulfide) groups is 1. The average Bonchev–Trinajstić information content (AvgIpc) is 2.31. The molecule has 1 saturated carbocycles. The summed E-state index contributed by atoms with van der Waals surface area (Å²) in [6.07, 6.45) is 2.83. The largest absolute Gasteiger partial charge is 0.308 e. The fourth-order valence-corrected chi connectivity index (χ4v) is 1.90. The normalized spacial score (nSPS) is 27.8. The summed E-state index contributed by atoms with van der Waals surface area (Å²) in [6.45, 7) is 0.746. The fraction of sp³-hybridized carbons (Fsp3) is 1.00. The lowest BCUT2D eigenvalue weighted by Crippen LogP contribution is -2.22. The highest BCUT2D eigenvalue weighted by molar-refractivity contribution is 7.98. The molecule has 1 aliphatic rings. The Balaban J connectivity index is 2.11. The van der Waals surface area contributed by atoms with Gasteiger partial charge in [0.2, 0.25) is 5.92 Å². The summed E-state index contributed by atoms with van der Waals surface area (Å²) in [5, 5.41) is 3.14. The van der Waals surface area contributed by atoms with Crippen LogP contribution in [-0.4, -0.2) is 24.6 Å². The number of nitrogens with one attached hydrogen (secondary N) is 1. The van der Waals surface area contributed by atoms with Crippen LogP contribution in [0.1, 0.15) is 19.3 Å². The smallest absolute Gasteiger partial charge is 0.248 e. The first kappa shape index (κ1) is 10.3. The van der Waals surface area contributed by atoms with E-state index in [9.17, 15) is 8.78 Å². The van der Waals surface area contributed by atoms with Gasteiger partial charge in [0, 0.05) is 18.7 Å². The van der Waals surface area contributed by atoms with Gasteiger partial charge >= 0.3 is 0 Å². The number of halogens is 2. The maximum Gasteiger partial charge on any atom is 0.248 e. The van der Waals surface area contributed by atoms with Crippen molar-refractivity contribution < 1.29 is 8.78 Å². The van der Waals surface area contributed by atoms with Crippen LogP contribution in [0.2, 0.25) is 0 Å². The molecule has 1 nitrogen and oxygen atoms in total. The van der Waals surface area contributed by atoms with Crippen molar-refractivity contribution in [1.29, 1.82) is 0 Å². The maximum atomic E-state index is 12.7. The molecule has 1 rings (SSSR count). The summed E-state index contributed by atoms with van der Waals surface area (Å²) in [7, 11) is 0. The Morgan fingerprint density at radius 3 is 2.83 bits per heavy atom. The average molecular weight is 195 g/mol. The van der Waals surface area contributed by atoms with Crippen molar-refractivity contribution in [3.8, 4) is 0 Å². The zero-order valence-corrected chi connectivity index (χ0v) is 8.09. The molecule has 0 saturated heterocycles. The highest BCUT2D eigenvalue weighted by atomic mass is 32.2. The zero-order chi connectivity index (χ0) is 9.03. The van der Waals surface area contributed by atoms with Crippen molar-refractivity contribution in [1.82, 2.24) is 5.32 Å². The second-order valence-electron chi connectivity index (χ2n) is 3.35. The second-order valence-corrected chi connectivity index (χ2v) is 4.22. The van der Waals surface area contributed by atoms with Crippen molar-refractivity contribution in [2.24, 2.45) is 5.92 Å². The van der Waals surface area contributed by atoms with Crippen LogP contribution in [0.5, 0.6) is 0 Å². The lowest BCUT2D eigenvalue weighted by atomic mass is 10.1. The number of hydrogen-bond donors (Lipinski definition) is 1. The van der Waals surface area contributed by atoms with Crippen LogP contribution in [0.15, 0.2) is 0 Å². The summed E-state index contributed by atoms with van der Waals surface area (Å²) in [5.41, 5.74) is 0. The summed E-state index contributed by atoms with van der Waals surface area (Å²) in [4.78, 5) is 0. The molecule has 0 aliphatic heterocycles. The molecule has 1 fully saturated rings. The molecule has 0 aromatic rings. The molecule has 0 bridgehead atoms. The Hall–Kier alpha value is 0.170. The van der Waals surface area contributed by atoms with Crippen molar-refractivity contribution in [3.63, 3.8) is 0 Å². The van der Waals surface area contributed by atoms with Crippen LogP contribution in [0, 0.1) is 5.92 Å². The van der Waals surface area contributed by atoms with E-state index in [-0.39, 0.29) is 18.8 Å². The van der Waals surface area contributed by atoms with E-state index in [2.05, 4.69) is 5.32 Å². The Labute approximate surface area is 76.3 Å². The van der Waals surface area contributed by atoms with Crippen molar-refractivity contribution in [3.05, 3.63) is 0 Å². The van der Waals surface area contributed by atoms with E-state index in [4.69, 9.17) is 0 Å². The number of rotatable bonds is 4. The monoisotopic (exact) mass is 195 g/mol. The van der Waals surface area contributed by atoms with Gasteiger partial charge in [-0.15, -0.1) is 11.8 Å². The van der Waals surface area contributed by atoms with E-state index in [0.717, 1.165) is 12.4 Å². The van der Waals surface area contributed by atoms with Crippen LogP contribution < -0.4 is 5.32 Å². The first-order chi connectivity index (χ1) is 5.64. The summed E-state index contributed by atoms with van der Waals surface area (Å²) >= 11 is 1.69. The topological polar surface area (TPSA) is 12.0 Å². The third-order valence-corrected chi connectivity index (χ3v) is 2.68. The minimum absolute atomic E-state index is 0.0778. The van der Waals surface area contributed by atoms with E-state index in [0.29, 0.717) is 6.42 Å². The van der Waals surface area contributed by atoms with Crippen LogP contribution in [0.4, 0.5) is 8.78 Å². The van der Waals surface area contributed by atoms with Crippen LogP contribution in [-0.2, 0) is 0 Å². The van der Waals surface area contributed by atoms with Gasteiger partial charge in [0.25, 0.3) is 0 Å². The molecular weight excluding hydrogens is 180 g/mol. The lowest BCUT2D eigenvalue weighted by Gasteiger charge is -2.10. The lowest BCUT2D eigenvalue weighted by molar-refractivity contribution is 0.00514. The maximum absolute atomic E-state index is 12.7. The molecule has 1 aliphatic carbocycles. The fourth-order valence-electron chi connectivity index (χ4n) is 1.58. The van der Waals surface area contributed by atoms with Crippen LogP contribution >= 0.6 is 11.8 Å². The molecule has 0 aromatic carbocycles.